The number of ether oxygens (including phenoxy) is 1. The number of allylic oxidation sites excluding steroid dienone is 1. The Morgan fingerprint density at radius 1 is 0.900 bits per heavy atom. The van der Waals surface area contributed by atoms with Crippen molar-refractivity contribution in [1.29, 1.82) is 0 Å². The highest BCUT2D eigenvalue weighted by Gasteiger charge is 2.72. The SMILES string of the molecule is C=C(C)[C@@H]1CC[C@]2(C(=O)NCc3ccc(Cl)cc3)CC[C@]3(C)[C@H](CC[C@@H]4[C@@]5(C)CC[C@H](OC(=O)CC(C)(C)C(=O)O)C(C)(C)[C@@H]5CC[C@]43C)[C@@H]12. The van der Waals surface area contributed by atoms with Crippen LogP contribution in [0.25, 0.3) is 0 Å². The van der Waals surface area contributed by atoms with Crippen LogP contribution in [0.3, 0.4) is 0 Å². The summed E-state index contributed by atoms with van der Waals surface area (Å²) in [6, 6.07) is 7.78. The number of carbonyl (C=O) groups is 3. The maximum absolute atomic E-state index is 14.4. The fraction of sp³-hybridized carbons (Fsp3) is 0.744. The third kappa shape index (κ3) is 5.68. The Balaban J connectivity index is 1.25. The van der Waals surface area contributed by atoms with Crippen molar-refractivity contribution in [2.24, 2.45) is 62.1 Å². The molecule has 0 saturated heterocycles. The molecular formula is C43H62ClNO5. The minimum Gasteiger partial charge on any atom is -0.481 e. The van der Waals surface area contributed by atoms with Crippen LogP contribution in [0.4, 0.5) is 0 Å². The number of fused-ring (bicyclic) bond motifs is 7. The van der Waals surface area contributed by atoms with Gasteiger partial charge in [0.1, 0.15) is 6.10 Å². The second kappa shape index (κ2) is 12.7. The van der Waals surface area contributed by atoms with E-state index in [2.05, 4.69) is 53.4 Å². The van der Waals surface area contributed by atoms with Gasteiger partial charge in [-0.25, -0.2) is 0 Å². The van der Waals surface area contributed by atoms with E-state index < -0.39 is 17.4 Å². The van der Waals surface area contributed by atoms with E-state index in [0.29, 0.717) is 41.2 Å². The number of hydrogen-bond donors (Lipinski definition) is 2. The first-order valence-electron chi connectivity index (χ1n) is 19.3. The lowest BCUT2D eigenvalue weighted by molar-refractivity contribution is -0.249. The summed E-state index contributed by atoms with van der Waals surface area (Å²) in [5, 5.41) is 13.7. The van der Waals surface area contributed by atoms with Crippen molar-refractivity contribution in [3.8, 4) is 0 Å². The molecule has 5 fully saturated rings. The van der Waals surface area contributed by atoms with Crippen LogP contribution in [-0.4, -0.2) is 29.1 Å². The maximum atomic E-state index is 14.4. The van der Waals surface area contributed by atoms with Gasteiger partial charge in [-0.05, 0) is 149 Å². The first kappa shape index (κ1) is 37.4. The van der Waals surface area contributed by atoms with Gasteiger partial charge in [-0.1, -0.05) is 70.5 Å². The van der Waals surface area contributed by atoms with Gasteiger partial charge in [0.25, 0.3) is 0 Å². The summed E-state index contributed by atoms with van der Waals surface area (Å²) in [4.78, 5) is 39.2. The van der Waals surface area contributed by atoms with Gasteiger partial charge in [-0.3, -0.25) is 14.4 Å². The molecule has 5 aliphatic carbocycles. The van der Waals surface area contributed by atoms with Crippen LogP contribution in [0, 0.1) is 62.1 Å². The molecule has 0 bridgehead atoms. The van der Waals surface area contributed by atoms with Crippen LogP contribution in [-0.2, 0) is 25.7 Å². The summed E-state index contributed by atoms with van der Waals surface area (Å²) in [5.41, 5.74) is 0.947. The standard InChI is InChI=1S/C43H62ClNO5/c1-26(2)29-16-21-43(36(47)45-25-27-10-12-28(44)13-11-27)23-22-41(8)30(35(29)43)14-15-32-40(7)19-18-33(50-34(46)24-38(3,4)37(48)49)39(5,6)31(40)17-20-42(32,41)9/h10-13,29-33,35H,1,14-25H2,2-9H3,(H,45,47)(H,48,49)/t29-,30+,31-,32+,33-,35+,40-,41+,42+,43-/m0/s1. The summed E-state index contributed by atoms with van der Waals surface area (Å²) in [5.74, 6) is 0.928. The summed E-state index contributed by atoms with van der Waals surface area (Å²) in [6.07, 6.45) is 10.0. The van der Waals surface area contributed by atoms with Crippen LogP contribution in [0.15, 0.2) is 36.4 Å². The van der Waals surface area contributed by atoms with E-state index in [1.165, 1.54) is 12.0 Å². The fourth-order valence-corrected chi connectivity index (χ4v) is 13.4. The first-order valence-corrected chi connectivity index (χ1v) is 19.7. The lowest BCUT2D eigenvalue weighted by atomic mass is 9.32. The molecule has 0 radical (unpaired) electrons. The van der Waals surface area contributed by atoms with Crippen LogP contribution in [0.5, 0.6) is 0 Å². The molecule has 6 nitrogen and oxygen atoms in total. The van der Waals surface area contributed by atoms with Crippen molar-refractivity contribution in [2.75, 3.05) is 0 Å². The monoisotopic (exact) mass is 707 g/mol. The number of carbonyl (C=O) groups excluding carboxylic acids is 2. The van der Waals surface area contributed by atoms with E-state index in [0.717, 1.165) is 63.4 Å². The predicted octanol–water partition coefficient (Wildman–Crippen LogP) is 10.0. The van der Waals surface area contributed by atoms with E-state index in [9.17, 15) is 19.5 Å². The number of rotatable bonds is 8. The van der Waals surface area contributed by atoms with Gasteiger partial charge in [-0.15, -0.1) is 0 Å². The molecule has 0 spiro atoms. The Labute approximate surface area is 305 Å². The van der Waals surface area contributed by atoms with Crippen LogP contribution in [0.1, 0.15) is 132 Å². The number of aliphatic carboxylic acids is 1. The molecular weight excluding hydrogens is 646 g/mol. The van der Waals surface area contributed by atoms with Crippen LogP contribution in [0.2, 0.25) is 5.02 Å². The number of nitrogens with one attached hydrogen (secondary N) is 1. The third-order valence-corrected chi connectivity index (χ3v) is 16.5. The molecule has 5 aliphatic rings. The van der Waals surface area contributed by atoms with Gasteiger partial charge in [0.15, 0.2) is 0 Å². The van der Waals surface area contributed by atoms with E-state index in [-0.39, 0.29) is 45.5 Å². The van der Waals surface area contributed by atoms with Gasteiger partial charge in [0.2, 0.25) is 5.91 Å². The van der Waals surface area contributed by atoms with Gasteiger partial charge < -0.3 is 15.2 Å². The Morgan fingerprint density at radius 2 is 1.58 bits per heavy atom. The Bertz CT molecular complexity index is 1530. The van der Waals surface area contributed by atoms with Crippen molar-refractivity contribution in [3.05, 3.63) is 47.0 Å². The summed E-state index contributed by atoms with van der Waals surface area (Å²) < 4.78 is 6.17. The molecule has 0 unspecified atom stereocenters. The zero-order valence-corrected chi connectivity index (χ0v) is 32.7. The number of hydrogen-bond acceptors (Lipinski definition) is 4. The quantitative estimate of drug-likeness (QED) is 0.207. The van der Waals surface area contributed by atoms with Crippen LogP contribution < -0.4 is 5.32 Å². The predicted molar refractivity (Wildman–Crippen MR) is 198 cm³/mol. The number of carboxylic acid groups (broad SMARTS) is 1. The largest absolute Gasteiger partial charge is 0.481 e. The van der Waals surface area contributed by atoms with Crippen molar-refractivity contribution in [2.45, 2.75) is 139 Å². The molecule has 0 aliphatic heterocycles. The molecule has 5 saturated carbocycles. The normalized spacial score (nSPS) is 40.3. The van der Waals surface area contributed by atoms with Crippen molar-refractivity contribution >= 4 is 29.4 Å². The average molecular weight is 708 g/mol. The zero-order valence-electron chi connectivity index (χ0n) is 31.9. The lowest BCUT2D eigenvalue weighted by Crippen LogP contribution is -2.67. The topological polar surface area (TPSA) is 92.7 Å². The lowest BCUT2D eigenvalue weighted by Gasteiger charge is -2.72. The van der Waals surface area contributed by atoms with E-state index in [1.807, 2.05) is 24.3 Å². The molecule has 0 heterocycles. The number of carboxylic acids is 1. The molecule has 10 atom stereocenters. The summed E-state index contributed by atoms with van der Waals surface area (Å²) >= 11 is 6.13. The average Bonchev–Trinajstić information content (AvgIpc) is 3.43. The minimum atomic E-state index is -1.15. The third-order valence-electron chi connectivity index (χ3n) is 16.3. The van der Waals surface area contributed by atoms with E-state index in [4.69, 9.17) is 16.3 Å². The molecule has 276 valence electrons. The first-order chi connectivity index (χ1) is 23.2. The van der Waals surface area contributed by atoms with Crippen molar-refractivity contribution < 1.29 is 24.2 Å². The van der Waals surface area contributed by atoms with Gasteiger partial charge in [0.05, 0.1) is 17.3 Å². The maximum Gasteiger partial charge on any atom is 0.309 e. The van der Waals surface area contributed by atoms with Crippen molar-refractivity contribution in [3.63, 3.8) is 0 Å². The molecule has 1 aromatic carbocycles. The number of benzene rings is 1. The van der Waals surface area contributed by atoms with Crippen LogP contribution >= 0.6 is 11.6 Å². The molecule has 6 rings (SSSR count). The molecule has 1 aromatic rings. The molecule has 50 heavy (non-hydrogen) atoms. The van der Waals surface area contributed by atoms with Gasteiger partial charge >= 0.3 is 11.9 Å². The van der Waals surface area contributed by atoms with Crippen molar-refractivity contribution in [1.82, 2.24) is 5.32 Å². The highest BCUT2D eigenvalue weighted by molar-refractivity contribution is 6.30. The summed E-state index contributed by atoms with van der Waals surface area (Å²) in [7, 11) is 0. The summed E-state index contributed by atoms with van der Waals surface area (Å²) in [6.45, 7) is 22.7. The molecule has 0 aromatic heterocycles. The van der Waals surface area contributed by atoms with Gasteiger partial charge in [-0.2, -0.15) is 0 Å². The second-order valence-corrected chi connectivity index (χ2v) is 19.8. The number of halogens is 1. The highest BCUT2D eigenvalue weighted by atomic mass is 35.5. The minimum absolute atomic E-state index is 0.113. The van der Waals surface area contributed by atoms with E-state index in [1.54, 1.807) is 13.8 Å². The number of esters is 1. The molecule has 2 N–H and O–H groups in total. The smallest absolute Gasteiger partial charge is 0.309 e. The Morgan fingerprint density at radius 3 is 2.22 bits per heavy atom. The second-order valence-electron chi connectivity index (χ2n) is 19.4. The molecule has 1 amide bonds. The fourth-order valence-electron chi connectivity index (χ4n) is 13.3. The number of amides is 1. The zero-order chi connectivity index (χ0) is 36.7. The Kier molecular flexibility index (Phi) is 9.47. The Hall–Kier alpha value is -2.34. The van der Waals surface area contributed by atoms with E-state index >= 15 is 0 Å². The van der Waals surface area contributed by atoms with Gasteiger partial charge in [0, 0.05) is 17.0 Å². The highest BCUT2D eigenvalue weighted by Crippen LogP contribution is 2.77. The molecule has 7 heteroatoms.